The maximum atomic E-state index is 13.4. The lowest BCUT2D eigenvalue weighted by molar-refractivity contribution is 0.0939. The Bertz CT molecular complexity index is 435. The van der Waals surface area contributed by atoms with E-state index >= 15 is 0 Å². The fourth-order valence-electron chi connectivity index (χ4n) is 1.86. The van der Waals surface area contributed by atoms with Gasteiger partial charge in [0.05, 0.1) is 12.2 Å². The van der Waals surface area contributed by atoms with E-state index in [9.17, 15) is 13.6 Å². The summed E-state index contributed by atoms with van der Waals surface area (Å²) in [5.74, 6) is -2.53. The second-order valence-corrected chi connectivity index (χ2v) is 4.63. The number of halogens is 2. The van der Waals surface area contributed by atoms with Crippen LogP contribution in [0.5, 0.6) is 0 Å². The molecule has 0 amide bonds. The molecule has 0 spiro atoms. The number of hydrogen-bond donors (Lipinski definition) is 1. The predicted molar refractivity (Wildman–Crippen MR) is 69.1 cm³/mol. The van der Waals surface area contributed by atoms with Gasteiger partial charge in [0, 0.05) is 25.6 Å². The van der Waals surface area contributed by atoms with Gasteiger partial charge in [0.25, 0.3) is 0 Å². The Hall–Kier alpha value is -1.33. The Kier molecular flexibility index (Phi) is 6.05. The van der Waals surface area contributed by atoms with Gasteiger partial charge in [-0.2, -0.15) is 0 Å². The lowest BCUT2D eigenvalue weighted by Crippen LogP contribution is -2.35. The minimum Gasteiger partial charge on any atom is -0.395 e. The first-order chi connectivity index (χ1) is 8.97. The van der Waals surface area contributed by atoms with Gasteiger partial charge >= 0.3 is 0 Å². The summed E-state index contributed by atoms with van der Waals surface area (Å²) in [6.07, 6.45) is 0.0958. The van der Waals surface area contributed by atoms with E-state index in [-0.39, 0.29) is 24.6 Å². The van der Waals surface area contributed by atoms with E-state index in [0.29, 0.717) is 13.1 Å². The van der Waals surface area contributed by atoms with Crippen molar-refractivity contribution in [3.05, 3.63) is 35.4 Å². The number of ketones is 1. The van der Waals surface area contributed by atoms with Crippen LogP contribution in [0, 0.1) is 11.6 Å². The maximum absolute atomic E-state index is 13.4. The number of benzene rings is 1. The first-order valence-electron chi connectivity index (χ1n) is 6.29. The Morgan fingerprint density at radius 3 is 2.58 bits per heavy atom. The second kappa shape index (κ2) is 7.31. The zero-order valence-electron chi connectivity index (χ0n) is 11.2. The summed E-state index contributed by atoms with van der Waals surface area (Å²) in [7, 11) is 0. The van der Waals surface area contributed by atoms with Crippen LogP contribution in [0.25, 0.3) is 0 Å². The molecule has 0 atom stereocenters. The van der Waals surface area contributed by atoms with Crippen LogP contribution in [0.4, 0.5) is 8.78 Å². The lowest BCUT2D eigenvalue weighted by Gasteiger charge is -2.25. The van der Waals surface area contributed by atoms with Crippen molar-refractivity contribution in [2.24, 2.45) is 0 Å². The maximum Gasteiger partial charge on any atom is 0.169 e. The van der Waals surface area contributed by atoms with Gasteiger partial charge in [0.15, 0.2) is 17.4 Å². The molecule has 3 nitrogen and oxygen atoms in total. The minimum atomic E-state index is -1.09. The van der Waals surface area contributed by atoms with Crippen molar-refractivity contribution in [1.82, 2.24) is 4.90 Å². The standard InChI is InChI=1S/C14H19F2NO2/c1-10(2)17(8-9-18)7-6-13(19)11-4-3-5-12(15)14(11)16/h3-5,10,18H,6-9H2,1-2H3. The van der Waals surface area contributed by atoms with E-state index in [1.807, 2.05) is 18.7 Å². The van der Waals surface area contributed by atoms with Crippen LogP contribution in [-0.2, 0) is 0 Å². The van der Waals surface area contributed by atoms with Crippen molar-refractivity contribution in [2.75, 3.05) is 19.7 Å². The van der Waals surface area contributed by atoms with Gasteiger partial charge < -0.3 is 5.11 Å². The summed E-state index contributed by atoms with van der Waals surface area (Å²) in [5.41, 5.74) is -0.215. The number of Topliss-reactive ketones (excluding diaryl/α,β-unsaturated/α-hetero) is 1. The number of nitrogens with zero attached hydrogens (tertiary/aromatic N) is 1. The number of carbonyl (C=O) groups is 1. The molecule has 1 N–H and O–H groups in total. The monoisotopic (exact) mass is 271 g/mol. The van der Waals surface area contributed by atoms with E-state index in [4.69, 9.17) is 5.11 Å². The van der Waals surface area contributed by atoms with E-state index in [1.165, 1.54) is 12.1 Å². The molecular formula is C14H19F2NO2. The normalized spacial score (nSPS) is 11.3. The fraction of sp³-hybridized carbons (Fsp3) is 0.500. The average Bonchev–Trinajstić information content (AvgIpc) is 2.37. The number of rotatable bonds is 7. The third-order valence-corrected chi connectivity index (χ3v) is 3.00. The van der Waals surface area contributed by atoms with Crippen LogP contribution >= 0.6 is 0 Å². The van der Waals surface area contributed by atoms with Crippen molar-refractivity contribution >= 4 is 5.78 Å². The molecule has 1 rings (SSSR count). The average molecular weight is 271 g/mol. The molecule has 1 aromatic carbocycles. The van der Waals surface area contributed by atoms with Crippen LogP contribution in [0.2, 0.25) is 0 Å². The summed E-state index contributed by atoms with van der Waals surface area (Å²) < 4.78 is 26.5. The summed E-state index contributed by atoms with van der Waals surface area (Å²) in [6, 6.07) is 3.77. The fourth-order valence-corrected chi connectivity index (χ4v) is 1.86. The molecule has 5 heteroatoms. The largest absolute Gasteiger partial charge is 0.395 e. The molecule has 0 aliphatic rings. The first-order valence-corrected chi connectivity index (χ1v) is 6.29. The number of carbonyl (C=O) groups excluding carboxylic acids is 1. The number of aliphatic hydroxyl groups excluding tert-OH is 1. The van der Waals surface area contributed by atoms with Gasteiger partial charge in [-0.05, 0) is 26.0 Å². The van der Waals surface area contributed by atoms with Crippen molar-refractivity contribution in [1.29, 1.82) is 0 Å². The molecule has 1 aromatic rings. The zero-order valence-corrected chi connectivity index (χ0v) is 11.2. The molecule has 19 heavy (non-hydrogen) atoms. The Morgan fingerprint density at radius 2 is 2.00 bits per heavy atom. The van der Waals surface area contributed by atoms with Crippen molar-refractivity contribution in [3.8, 4) is 0 Å². The topological polar surface area (TPSA) is 40.5 Å². The summed E-state index contributed by atoms with van der Waals surface area (Å²) in [6.45, 7) is 4.76. The van der Waals surface area contributed by atoms with Crippen LogP contribution < -0.4 is 0 Å². The van der Waals surface area contributed by atoms with Gasteiger partial charge in [-0.25, -0.2) is 8.78 Å². The predicted octanol–water partition coefficient (Wildman–Crippen LogP) is 2.24. The third kappa shape index (κ3) is 4.36. The molecule has 0 saturated heterocycles. The first kappa shape index (κ1) is 15.7. The van der Waals surface area contributed by atoms with Gasteiger partial charge in [-0.1, -0.05) is 6.07 Å². The molecule has 0 fully saturated rings. The van der Waals surface area contributed by atoms with E-state index in [2.05, 4.69) is 0 Å². The van der Waals surface area contributed by atoms with Crippen LogP contribution in [0.15, 0.2) is 18.2 Å². The Morgan fingerprint density at radius 1 is 1.32 bits per heavy atom. The SMILES string of the molecule is CC(C)N(CCO)CCC(=O)c1cccc(F)c1F. The van der Waals surface area contributed by atoms with Gasteiger partial charge in [0.1, 0.15) is 0 Å². The van der Waals surface area contributed by atoms with Crippen LogP contribution in [0.1, 0.15) is 30.6 Å². The van der Waals surface area contributed by atoms with E-state index in [1.54, 1.807) is 0 Å². The zero-order chi connectivity index (χ0) is 14.4. The van der Waals surface area contributed by atoms with Crippen molar-refractivity contribution < 1.29 is 18.7 Å². The highest BCUT2D eigenvalue weighted by atomic mass is 19.2. The Balaban J connectivity index is 2.67. The van der Waals surface area contributed by atoms with Crippen LogP contribution in [-0.4, -0.2) is 41.5 Å². The van der Waals surface area contributed by atoms with Crippen molar-refractivity contribution in [2.45, 2.75) is 26.3 Å². The molecule has 0 aliphatic heterocycles. The molecule has 0 radical (unpaired) electrons. The molecule has 0 aliphatic carbocycles. The third-order valence-electron chi connectivity index (χ3n) is 3.00. The molecule has 106 valence electrons. The summed E-state index contributed by atoms with van der Waals surface area (Å²) in [4.78, 5) is 13.8. The number of hydrogen-bond acceptors (Lipinski definition) is 3. The van der Waals surface area contributed by atoms with Gasteiger partial charge in [0.2, 0.25) is 0 Å². The highest BCUT2D eigenvalue weighted by Gasteiger charge is 2.17. The highest BCUT2D eigenvalue weighted by molar-refractivity contribution is 5.96. The van der Waals surface area contributed by atoms with Crippen molar-refractivity contribution in [3.63, 3.8) is 0 Å². The molecule has 0 saturated carbocycles. The summed E-state index contributed by atoms with van der Waals surface area (Å²) in [5, 5.41) is 8.91. The molecular weight excluding hydrogens is 252 g/mol. The molecule has 0 heterocycles. The van der Waals surface area contributed by atoms with Gasteiger partial charge in [-0.15, -0.1) is 0 Å². The Labute approximate surface area is 111 Å². The summed E-state index contributed by atoms with van der Waals surface area (Å²) >= 11 is 0. The number of aliphatic hydroxyl groups is 1. The molecule has 0 unspecified atom stereocenters. The minimum absolute atomic E-state index is 0.000691. The highest BCUT2D eigenvalue weighted by Crippen LogP contribution is 2.14. The molecule has 0 aromatic heterocycles. The van der Waals surface area contributed by atoms with E-state index < -0.39 is 17.4 Å². The van der Waals surface area contributed by atoms with Crippen LogP contribution in [0.3, 0.4) is 0 Å². The van der Waals surface area contributed by atoms with E-state index in [0.717, 1.165) is 6.07 Å². The smallest absolute Gasteiger partial charge is 0.169 e. The lowest BCUT2D eigenvalue weighted by atomic mass is 10.1. The second-order valence-electron chi connectivity index (χ2n) is 4.63. The van der Waals surface area contributed by atoms with Gasteiger partial charge in [-0.3, -0.25) is 9.69 Å². The quantitative estimate of drug-likeness (QED) is 0.773. The molecule has 0 bridgehead atoms.